The van der Waals surface area contributed by atoms with Gasteiger partial charge in [-0.2, -0.15) is 13.2 Å². The third-order valence-corrected chi connectivity index (χ3v) is 3.81. The third-order valence-electron chi connectivity index (χ3n) is 3.81. The SMILES string of the molecule is CC(C)OC(=O)N1CCCCC1CNc1ccc(C(F)(F)F)cn1. The van der Waals surface area contributed by atoms with Gasteiger partial charge in [0.15, 0.2) is 0 Å². The quantitative estimate of drug-likeness (QED) is 0.899. The van der Waals surface area contributed by atoms with Crippen molar-refractivity contribution in [2.24, 2.45) is 0 Å². The number of nitrogens with one attached hydrogen (secondary N) is 1. The fourth-order valence-corrected chi connectivity index (χ4v) is 2.61. The minimum Gasteiger partial charge on any atom is -0.447 e. The second-order valence-corrected chi connectivity index (χ2v) is 6.09. The van der Waals surface area contributed by atoms with Crippen molar-refractivity contribution in [1.29, 1.82) is 0 Å². The highest BCUT2D eigenvalue weighted by molar-refractivity contribution is 5.68. The molecular weight excluding hydrogens is 323 g/mol. The number of amides is 1. The number of pyridine rings is 1. The Morgan fingerprint density at radius 3 is 2.75 bits per heavy atom. The summed E-state index contributed by atoms with van der Waals surface area (Å²) < 4.78 is 42.8. The first-order chi connectivity index (χ1) is 11.3. The smallest absolute Gasteiger partial charge is 0.417 e. The first-order valence-corrected chi connectivity index (χ1v) is 8.01. The van der Waals surface area contributed by atoms with Crippen LogP contribution in [0.3, 0.4) is 0 Å². The molecule has 0 aliphatic carbocycles. The van der Waals surface area contributed by atoms with Crippen molar-refractivity contribution >= 4 is 11.9 Å². The first kappa shape index (κ1) is 18.4. The molecule has 1 N–H and O–H groups in total. The van der Waals surface area contributed by atoms with Gasteiger partial charge in [-0.3, -0.25) is 0 Å². The molecule has 8 heteroatoms. The van der Waals surface area contributed by atoms with E-state index in [4.69, 9.17) is 4.74 Å². The van der Waals surface area contributed by atoms with Crippen molar-refractivity contribution in [2.45, 2.75) is 51.4 Å². The lowest BCUT2D eigenvalue weighted by Crippen LogP contribution is -2.47. The monoisotopic (exact) mass is 345 g/mol. The minimum absolute atomic E-state index is 0.0610. The van der Waals surface area contributed by atoms with Crippen LogP contribution >= 0.6 is 0 Å². The summed E-state index contributed by atoms with van der Waals surface area (Å²) >= 11 is 0. The number of aromatic nitrogens is 1. The number of alkyl halides is 3. The number of carbonyl (C=O) groups is 1. The molecule has 2 heterocycles. The van der Waals surface area contributed by atoms with Crippen molar-refractivity contribution in [3.05, 3.63) is 23.9 Å². The molecular formula is C16H22F3N3O2. The molecule has 5 nitrogen and oxygen atoms in total. The van der Waals surface area contributed by atoms with Crippen LogP contribution in [-0.4, -0.2) is 41.2 Å². The fraction of sp³-hybridized carbons (Fsp3) is 0.625. The number of carbonyl (C=O) groups excluding carboxylic acids is 1. The zero-order chi connectivity index (χ0) is 17.7. The number of halogens is 3. The number of hydrogen-bond donors (Lipinski definition) is 1. The van der Waals surface area contributed by atoms with Crippen LogP contribution in [0.15, 0.2) is 18.3 Å². The van der Waals surface area contributed by atoms with Gasteiger partial charge in [-0.25, -0.2) is 9.78 Å². The lowest BCUT2D eigenvalue weighted by molar-refractivity contribution is -0.137. The molecule has 1 atom stereocenters. The lowest BCUT2D eigenvalue weighted by Gasteiger charge is -2.35. The first-order valence-electron chi connectivity index (χ1n) is 8.01. The van der Waals surface area contributed by atoms with Crippen molar-refractivity contribution < 1.29 is 22.7 Å². The van der Waals surface area contributed by atoms with Gasteiger partial charge in [-0.15, -0.1) is 0 Å². The summed E-state index contributed by atoms with van der Waals surface area (Å²) in [6.07, 6.45) is -1.40. The zero-order valence-electron chi connectivity index (χ0n) is 13.8. The van der Waals surface area contributed by atoms with E-state index in [0.29, 0.717) is 18.9 Å². The summed E-state index contributed by atoms with van der Waals surface area (Å²) in [5.74, 6) is 0.353. The van der Waals surface area contributed by atoms with Crippen molar-refractivity contribution in [3.8, 4) is 0 Å². The third kappa shape index (κ3) is 5.01. The number of piperidine rings is 1. The van der Waals surface area contributed by atoms with Crippen molar-refractivity contribution in [1.82, 2.24) is 9.88 Å². The van der Waals surface area contributed by atoms with Crippen LogP contribution in [-0.2, 0) is 10.9 Å². The topological polar surface area (TPSA) is 54.5 Å². The zero-order valence-corrected chi connectivity index (χ0v) is 13.8. The van der Waals surface area contributed by atoms with Gasteiger partial charge in [-0.1, -0.05) is 0 Å². The molecule has 0 spiro atoms. The van der Waals surface area contributed by atoms with E-state index < -0.39 is 11.7 Å². The summed E-state index contributed by atoms with van der Waals surface area (Å²) in [6, 6.07) is 2.22. The lowest BCUT2D eigenvalue weighted by atomic mass is 10.0. The van der Waals surface area contributed by atoms with Gasteiger partial charge in [0.05, 0.1) is 17.7 Å². The van der Waals surface area contributed by atoms with Crippen LogP contribution in [0.2, 0.25) is 0 Å². The predicted octanol–water partition coefficient (Wildman–Crippen LogP) is 3.91. The van der Waals surface area contributed by atoms with E-state index in [9.17, 15) is 18.0 Å². The van der Waals surface area contributed by atoms with Crippen LogP contribution in [0.5, 0.6) is 0 Å². The largest absolute Gasteiger partial charge is 0.447 e. The Balaban J connectivity index is 1.94. The Kier molecular flexibility index (Phi) is 5.90. The number of anilines is 1. The molecule has 1 unspecified atom stereocenters. The maximum Gasteiger partial charge on any atom is 0.417 e. The Morgan fingerprint density at radius 1 is 1.42 bits per heavy atom. The van der Waals surface area contributed by atoms with E-state index in [1.807, 2.05) is 0 Å². The second kappa shape index (κ2) is 7.72. The average Bonchev–Trinajstić information content (AvgIpc) is 2.52. The van der Waals surface area contributed by atoms with Crippen LogP contribution in [0.4, 0.5) is 23.8 Å². The molecule has 0 aromatic carbocycles. The number of ether oxygens (including phenoxy) is 1. The molecule has 24 heavy (non-hydrogen) atoms. The molecule has 1 aromatic rings. The van der Waals surface area contributed by atoms with Crippen molar-refractivity contribution in [2.75, 3.05) is 18.4 Å². The molecule has 0 saturated carbocycles. The van der Waals surface area contributed by atoms with Crippen LogP contribution in [0, 0.1) is 0 Å². The molecule has 134 valence electrons. The van der Waals surface area contributed by atoms with E-state index in [-0.39, 0.29) is 18.2 Å². The Hall–Kier alpha value is -1.99. The highest BCUT2D eigenvalue weighted by Crippen LogP contribution is 2.29. The predicted molar refractivity (Wildman–Crippen MR) is 83.7 cm³/mol. The summed E-state index contributed by atoms with van der Waals surface area (Å²) in [4.78, 5) is 17.6. The summed E-state index contributed by atoms with van der Waals surface area (Å²) in [5, 5.41) is 3.00. The molecule has 1 aliphatic heterocycles. The van der Waals surface area contributed by atoms with E-state index in [1.165, 1.54) is 6.07 Å². The number of rotatable bonds is 4. The molecule has 0 bridgehead atoms. The van der Waals surface area contributed by atoms with Crippen LogP contribution in [0.25, 0.3) is 0 Å². The minimum atomic E-state index is -4.40. The maximum atomic E-state index is 12.5. The summed E-state index contributed by atoms with van der Waals surface area (Å²) in [5.41, 5.74) is -0.784. The normalized spacial score (nSPS) is 18.6. The van der Waals surface area contributed by atoms with E-state index >= 15 is 0 Å². The molecule has 1 aromatic heterocycles. The van der Waals surface area contributed by atoms with Gasteiger partial charge >= 0.3 is 12.3 Å². The van der Waals surface area contributed by atoms with E-state index in [0.717, 1.165) is 31.5 Å². The number of likely N-dealkylation sites (tertiary alicyclic amines) is 1. The van der Waals surface area contributed by atoms with Crippen LogP contribution in [0.1, 0.15) is 38.7 Å². The van der Waals surface area contributed by atoms with Gasteiger partial charge in [0, 0.05) is 19.3 Å². The van der Waals surface area contributed by atoms with E-state index in [1.54, 1.807) is 18.7 Å². The average molecular weight is 345 g/mol. The molecule has 1 amide bonds. The number of nitrogens with zero attached hydrogens (tertiary/aromatic N) is 2. The molecule has 1 aliphatic rings. The van der Waals surface area contributed by atoms with Crippen LogP contribution < -0.4 is 5.32 Å². The van der Waals surface area contributed by atoms with Gasteiger partial charge in [-0.05, 0) is 45.2 Å². The van der Waals surface area contributed by atoms with Gasteiger partial charge < -0.3 is 15.0 Å². The molecule has 2 rings (SSSR count). The van der Waals surface area contributed by atoms with Gasteiger partial charge in [0.25, 0.3) is 0 Å². The maximum absolute atomic E-state index is 12.5. The Labute approximate surface area is 139 Å². The fourth-order valence-electron chi connectivity index (χ4n) is 2.61. The number of hydrogen-bond acceptors (Lipinski definition) is 4. The molecule has 1 fully saturated rings. The van der Waals surface area contributed by atoms with E-state index in [2.05, 4.69) is 10.3 Å². The summed E-state index contributed by atoms with van der Waals surface area (Å²) in [7, 11) is 0. The molecule has 1 saturated heterocycles. The molecule has 0 radical (unpaired) electrons. The second-order valence-electron chi connectivity index (χ2n) is 6.09. The van der Waals surface area contributed by atoms with Gasteiger partial charge in [0.2, 0.25) is 0 Å². The Bertz CT molecular complexity index is 546. The standard InChI is InChI=1S/C16H22F3N3O2/c1-11(2)24-15(23)22-8-4-3-5-13(22)10-21-14-7-6-12(9-20-14)16(17,18)19/h6-7,9,11,13H,3-5,8,10H2,1-2H3,(H,20,21). The highest BCUT2D eigenvalue weighted by atomic mass is 19.4. The van der Waals surface area contributed by atoms with Gasteiger partial charge in [0.1, 0.15) is 5.82 Å². The summed E-state index contributed by atoms with van der Waals surface area (Å²) in [6.45, 7) is 4.63. The highest BCUT2D eigenvalue weighted by Gasteiger charge is 2.31. The Morgan fingerprint density at radius 2 is 2.17 bits per heavy atom. The van der Waals surface area contributed by atoms with Crippen molar-refractivity contribution in [3.63, 3.8) is 0 Å².